The lowest BCUT2D eigenvalue weighted by Crippen LogP contribution is -1.95. The third kappa shape index (κ3) is 5.80. The highest BCUT2D eigenvalue weighted by Crippen LogP contribution is 2.37. The van der Waals surface area contributed by atoms with Crippen LogP contribution in [-0.4, -0.2) is 31.5 Å². The molecule has 0 heterocycles. The number of benzene rings is 2. The number of phenolic OH excluding ortho intramolecular Hbond substituents is 2. The van der Waals surface area contributed by atoms with E-state index in [4.69, 9.17) is 14.2 Å². The molecule has 140 valence electrons. The maximum absolute atomic E-state index is 9.41. The van der Waals surface area contributed by atoms with Gasteiger partial charge in [0.05, 0.1) is 21.3 Å². The largest absolute Gasteiger partial charge is 0.508 e. The summed E-state index contributed by atoms with van der Waals surface area (Å²) < 4.78 is 15.9. The van der Waals surface area contributed by atoms with Crippen LogP contribution in [0.4, 0.5) is 0 Å². The Hall–Kier alpha value is -3.44. The molecule has 5 heteroatoms. The zero-order valence-corrected chi connectivity index (χ0v) is 15.6. The van der Waals surface area contributed by atoms with Gasteiger partial charge in [-0.05, 0) is 30.7 Å². The van der Waals surface area contributed by atoms with Crippen molar-refractivity contribution in [1.29, 1.82) is 0 Å². The summed E-state index contributed by atoms with van der Waals surface area (Å²) in [6, 6.07) is 7.91. The molecular weight excluding hydrogens is 344 g/mol. The molecule has 0 atom stereocenters. The number of methoxy groups -OCH3 is 3. The highest BCUT2D eigenvalue weighted by molar-refractivity contribution is 5.57. The summed E-state index contributed by atoms with van der Waals surface area (Å²) in [5.74, 6) is 13.8. The van der Waals surface area contributed by atoms with E-state index in [1.54, 1.807) is 21.3 Å². The van der Waals surface area contributed by atoms with E-state index in [1.165, 1.54) is 18.2 Å². The minimum atomic E-state index is -0.00415. The Morgan fingerprint density at radius 3 is 1.63 bits per heavy atom. The van der Waals surface area contributed by atoms with Gasteiger partial charge in [0, 0.05) is 30.0 Å². The molecule has 5 nitrogen and oxygen atoms in total. The first-order valence-corrected chi connectivity index (χ1v) is 8.38. The Morgan fingerprint density at radius 1 is 0.704 bits per heavy atom. The first-order chi connectivity index (χ1) is 13.1. The Bertz CT molecular complexity index is 865. The molecule has 0 aliphatic heterocycles. The van der Waals surface area contributed by atoms with E-state index in [0.29, 0.717) is 35.7 Å². The molecule has 27 heavy (non-hydrogen) atoms. The minimum absolute atomic E-state index is 0.00415. The van der Waals surface area contributed by atoms with E-state index in [-0.39, 0.29) is 11.5 Å². The van der Waals surface area contributed by atoms with E-state index in [1.807, 2.05) is 12.1 Å². The van der Waals surface area contributed by atoms with Gasteiger partial charge >= 0.3 is 0 Å². The van der Waals surface area contributed by atoms with Gasteiger partial charge in [-0.2, -0.15) is 0 Å². The number of aromatic hydroxyl groups is 2. The molecule has 2 aromatic rings. The predicted molar refractivity (Wildman–Crippen MR) is 103 cm³/mol. The number of hydrogen-bond acceptors (Lipinski definition) is 5. The molecule has 0 fully saturated rings. The highest BCUT2D eigenvalue weighted by Gasteiger charge is 2.12. The minimum Gasteiger partial charge on any atom is -0.508 e. The standard InChI is InChI=1S/C22H22O5/c1-25-20-13-17(14-21(26-2)22(20)27-3)10-8-6-4-5-7-9-16-11-18(23)15-19(24)12-16/h11-15,23-24H,4-6H2,1-3H3. The molecule has 0 saturated heterocycles. The second-order valence-electron chi connectivity index (χ2n) is 5.61. The van der Waals surface area contributed by atoms with E-state index in [2.05, 4.69) is 23.7 Å². The topological polar surface area (TPSA) is 68.2 Å². The fraction of sp³-hybridized carbons (Fsp3) is 0.273. The summed E-state index contributed by atoms with van der Waals surface area (Å²) >= 11 is 0. The monoisotopic (exact) mass is 366 g/mol. The van der Waals surface area contributed by atoms with E-state index < -0.39 is 0 Å². The van der Waals surface area contributed by atoms with Crippen molar-refractivity contribution in [2.24, 2.45) is 0 Å². The van der Waals surface area contributed by atoms with E-state index >= 15 is 0 Å². The summed E-state index contributed by atoms with van der Waals surface area (Å²) in [4.78, 5) is 0. The summed E-state index contributed by atoms with van der Waals surface area (Å²) in [6.07, 6.45) is 2.17. The van der Waals surface area contributed by atoms with Crippen LogP contribution in [0.2, 0.25) is 0 Å². The van der Waals surface area contributed by atoms with Gasteiger partial charge in [0.25, 0.3) is 0 Å². The number of hydrogen-bond donors (Lipinski definition) is 2. The van der Waals surface area contributed by atoms with Crippen molar-refractivity contribution in [3.63, 3.8) is 0 Å². The van der Waals surface area contributed by atoms with Gasteiger partial charge in [-0.25, -0.2) is 0 Å². The van der Waals surface area contributed by atoms with Crippen molar-refractivity contribution < 1.29 is 24.4 Å². The Balaban J connectivity index is 1.94. The molecule has 2 aromatic carbocycles. The smallest absolute Gasteiger partial charge is 0.203 e. The third-order valence-corrected chi connectivity index (χ3v) is 3.64. The molecule has 0 unspecified atom stereocenters. The summed E-state index contributed by atoms with van der Waals surface area (Å²) in [7, 11) is 4.70. The van der Waals surface area contributed by atoms with Crippen LogP contribution in [0.5, 0.6) is 28.7 Å². The van der Waals surface area contributed by atoms with Gasteiger partial charge in [-0.1, -0.05) is 23.7 Å². The number of ether oxygens (including phenoxy) is 3. The third-order valence-electron chi connectivity index (χ3n) is 3.64. The highest BCUT2D eigenvalue weighted by atomic mass is 16.5. The van der Waals surface area contributed by atoms with Crippen LogP contribution < -0.4 is 14.2 Å². The van der Waals surface area contributed by atoms with Gasteiger partial charge in [-0.15, -0.1) is 0 Å². The van der Waals surface area contributed by atoms with Gasteiger partial charge in [-0.3, -0.25) is 0 Å². The lowest BCUT2D eigenvalue weighted by molar-refractivity contribution is 0.324. The van der Waals surface area contributed by atoms with Crippen molar-refractivity contribution in [2.45, 2.75) is 19.3 Å². The van der Waals surface area contributed by atoms with Crippen molar-refractivity contribution >= 4 is 0 Å². The molecular formula is C22H22O5. The summed E-state index contributed by atoms with van der Waals surface area (Å²) in [6.45, 7) is 0. The van der Waals surface area contributed by atoms with Crippen molar-refractivity contribution in [2.75, 3.05) is 21.3 Å². The van der Waals surface area contributed by atoms with Gasteiger partial charge in [0.1, 0.15) is 11.5 Å². The molecule has 0 aliphatic rings. The Morgan fingerprint density at radius 2 is 1.19 bits per heavy atom. The molecule has 0 bridgehead atoms. The fourth-order valence-electron chi connectivity index (χ4n) is 2.41. The molecule has 0 amide bonds. The quantitative estimate of drug-likeness (QED) is 0.624. The second kappa shape index (κ2) is 9.89. The average Bonchev–Trinajstić information content (AvgIpc) is 2.65. The van der Waals surface area contributed by atoms with Crippen LogP contribution in [0.3, 0.4) is 0 Å². The van der Waals surface area contributed by atoms with Gasteiger partial charge in [0.15, 0.2) is 11.5 Å². The maximum Gasteiger partial charge on any atom is 0.203 e. The van der Waals surface area contributed by atoms with Gasteiger partial charge in [0.2, 0.25) is 5.75 Å². The van der Waals surface area contributed by atoms with Crippen LogP contribution >= 0.6 is 0 Å². The molecule has 0 aromatic heterocycles. The van der Waals surface area contributed by atoms with E-state index in [9.17, 15) is 10.2 Å². The Kier molecular flexibility index (Phi) is 7.28. The summed E-state index contributed by atoms with van der Waals surface area (Å²) in [5.41, 5.74) is 1.36. The van der Waals surface area contributed by atoms with Crippen molar-refractivity contribution in [1.82, 2.24) is 0 Å². The predicted octanol–water partition coefficient (Wildman–Crippen LogP) is 3.70. The van der Waals surface area contributed by atoms with Crippen LogP contribution in [-0.2, 0) is 0 Å². The number of unbranched alkanes of at least 4 members (excludes halogenated alkanes) is 2. The Labute approximate surface area is 159 Å². The zero-order chi connectivity index (χ0) is 19.6. The SMILES string of the molecule is COc1cc(C#CCCCC#Cc2cc(O)cc(O)c2)cc(OC)c1OC. The average molecular weight is 366 g/mol. The second-order valence-corrected chi connectivity index (χ2v) is 5.61. The van der Waals surface area contributed by atoms with Crippen molar-refractivity contribution in [3.8, 4) is 52.4 Å². The normalized spacial score (nSPS) is 9.44. The number of phenols is 2. The van der Waals surface area contributed by atoms with Crippen molar-refractivity contribution in [3.05, 3.63) is 41.5 Å². The molecule has 0 radical (unpaired) electrons. The lowest BCUT2D eigenvalue weighted by atomic mass is 10.1. The summed E-state index contributed by atoms with van der Waals surface area (Å²) in [5, 5.41) is 18.8. The maximum atomic E-state index is 9.41. The molecule has 0 saturated carbocycles. The molecule has 0 spiro atoms. The first kappa shape index (κ1) is 19.9. The van der Waals surface area contributed by atoms with Gasteiger partial charge < -0.3 is 24.4 Å². The van der Waals surface area contributed by atoms with Crippen LogP contribution in [0, 0.1) is 23.7 Å². The van der Waals surface area contributed by atoms with Crippen LogP contribution in [0.15, 0.2) is 30.3 Å². The zero-order valence-electron chi connectivity index (χ0n) is 15.6. The van der Waals surface area contributed by atoms with E-state index in [0.717, 1.165) is 12.0 Å². The first-order valence-electron chi connectivity index (χ1n) is 8.38. The van der Waals surface area contributed by atoms with Crippen LogP contribution in [0.25, 0.3) is 0 Å². The molecule has 2 rings (SSSR count). The molecule has 0 aliphatic carbocycles. The number of rotatable bonds is 5. The van der Waals surface area contributed by atoms with Crippen LogP contribution in [0.1, 0.15) is 30.4 Å². The fourth-order valence-corrected chi connectivity index (χ4v) is 2.41. The lowest BCUT2D eigenvalue weighted by Gasteiger charge is -2.12. The molecule has 2 N–H and O–H groups in total.